The highest BCUT2D eigenvalue weighted by atomic mass is 16.5. The van der Waals surface area contributed by atoms with Gasteiger partial charge in [-0.2, -0.15) is 0 Å². The Kier molecular flexibility index (Phi) is 8.90. The highest BCUT2D eigenvalue weighted by Crippen LogP contribution is 2.39. The molecule has 6 heteroatoms. The zero-order chi connectivity index (χ0) is 20.5. The number of benzene rings is 1. The number of piperidine rings is 1. The molecule has 0 radical (unpaired) electrons. The Bertz CT molecular complexity index is 600. The van der Waals surface area contributed by atoms with Crippen molar-refractivity contribution in [1.29, 1.82) is 0 Å². The van der Waals surface area contributed by atoms with Crippen LogP contribution in [0.25, 0.3) is 0 Å². The summed E-state index contributed by atoms with van der Waals surface area (Å²) in [5.41, 5.74) is 0.523. The van der Waals surface area contributed by atoms with Crippen LogP contribution in [-0.4, -0.2) is 56.3 Å². The molecule has 1 fully saturated rings. The van der Waals surface area contributed by atoms with Gasteiger partial charge in [0.1, 0.15) is 0 Å². The molecule has 1 aliphatic rings. The van der Waals surface area contributed by atoms with E-state index < -0.39 is 0 Å². The van der Waals surface area contributed by atoms with Gasteiger partial charge in [0.05, 0.1) is 19.8 Å². The van der Waals surface area contributed by atoms with E-state index >= 15 is 0 Å². The first-order valence-corrected chi connectivity index (χ1v) is 10.6. The third-order valence-corrected chi connectivity index (χ3v) is 5.17. The molecule has 6 nitrogen and oxygen atoms in total. The quantitative estimate of drug-likeness (QED) is 0.657. The summed E-state index contributed by atoms with van der Waals surface area (Å²) < 4.78 is 17.1. The van der Waals surface area contributed by atoms with Crippen molar-refractivity contribution >= 4 is 5.91 Å². The minimum atomic E-state index is -0.123. The van der Waals surface area contributed by atoms with Crippen LogP contribution in [0.15, 0.2) is 12.1 Å². The van der Waals surface area contributed by atoms with E-state index in [1.165, 1.54) is 12.8 Å². The number of hydrogen-bond acceptors (Lipinski definition) is 5. The molecule has 0 spiro atoms. The lowest BCUT2D eigenvalue weighted by molar-refractivity contribution is 0.0920. The summed E-state index contributed by atoms with van der Waals surface area (Å²) in [6, 6.07) is 3.79. The number of hydrogen-bond donors (Lipinski definition) is 1. The number of nitrogens with zero attached hydrogens (tertiary/aromatic N) is 1. The molecular formula is C22H36N2O4. The first-order chi connectivity index (χ1) is 13.5. The molecule has 0 bridgehead atoms. The van der Waals surface area contributed by atoms with E-state index in [0.717, 1.165) is 19.0 Å². The van der Waals surface area contributed by atoms with E-state index in [1.54, 1.807) is 12.1 Å². The lowest BCUT2D eigenvalue weighted by Gasteiger charge is -2.35. The Morgan fingerprint density at radius 3 is 2.11 bits per heavy atom. The van der Waals surface area contributed by atoms with Crippen LogP contribution < -0.4 is 19.5 Å². The fourth-order valence-electron chi connectivity index (χ4n) is 3.46. The van der Waals surface area contributed by atoms with Crippen LogP contribution >= 0.6 is 0 Å². The van der Waals surface area contributed by atoms with E-state index in [-0.39, 0.29) is 5.91 Å². The van der Waals surface area contributed by atoms with Crippen LogP contribution in [0, 0.1) is 5.92 Å². The Hall–Kier alpha value is -1.95. The molecule has 1 unspecified atom stereocenters. The first-order valence-electron chi connectivity index (χ1n) is 10.6. The largest absolute Gasteiger partial charge is 0.490 e. The molecule has 0 saturated carbocycles. The maximum atomic E-state index is 12.8. The van der Waals surface area contributed by atoms with Crippen molar-refractivity contribution in [2.75, 3.05) is 39.5 Å². The second-order valence-electron chi connectivity index (χ2n) is 7.38. The van der Waals surface area contributed by atoms with Crippen LogP contribution in [0.1, 0.15) is 57.8 Å². The van der Waals surface area contributed by atoms with Crippen molar-refractivity contribution in [3.05, 3.63) is 17.7 Å². The predicted molar refractivity (Wildman–Crippen MR) is 112 cm³/mol. The van der Waals surface area contributed by atoms with E-state index in [0.29, 0.717) is 55.2 Å². The number of carbonyl (C=O) groups is 1. The van der Waals surface area contributed by atoms with Crippen molar-refractivity contribution in [3.63, 3.8) is 0 Å². The first kappa shape index (κ1) is 22.3. The third-order valence-electron chi connectivity index (χ3n) is 5.17. The van der Waals surface area contributed by atoms with Gasteiger partial charge < -0.3 is 19.5 Å². The van der Waals surface area contributed by atoms with Gasteiger partial charge in [0, 0.05) is 18.2 Å². The van der Waals surface area contributed by atoms with E-state index in [4.69, 9.17) is 14.2 Å². The van der Waals surface area contributed by atoms with Crippen LogP contribution in [0.2, 0.25) is 0 Å². The maximum absolute atomic E-state index is 12.8. The Balaban J connectivity index is 2.08. The van der Waals surface area contributed by atoms with Crippen LogP contribution in [0.4, 0.5) is 0 Å². The second kappa shape index (κ2) is 11.1. The Labute approximate surface area is 169 Å². The lowest BCUT2D eigenvalue weighted by Crippen LogP contribution is -2.45. The van der Waals surface area contributed by atoms with E-state index in [2.05, 4.69) is 24.1 Å². The monoisotopic (exact) mass is 392 g/mol. The molecule has 28 heavy (non-hydrogen) atoms. The summed E-state index contributed by atoms with van der Waals surface area (Å²) in [6.45, 7) is 14.5. The minimum absolute atomic E-state index is 0.123. The number of likely N-dealkylation sites (tertiary alicyclic amines) is 1. The fraction of sp³-hybridized carbons (Fsp3) is 0.682. The van der Waals surface area contributed by atoms with Gasteiger partial charge >= 0.3 is 0 Å². The zero-order valence-electron chi connectivity index (χ0n) is 18.0. The highest BCUT2D eigenvalue weighted by molar-refractivity contribution is 5.95. The summed E-state index contributed by atoms with van der Waals surface area (Å²) in [5, 5.41) is 3.06. The average Bonchev–Trinajstić information content (AvgIpc) is 2.69. The molecule has 158 valence electrons. The summed E-state index contributed by atoms with van der Waals surface area (Å²) in [4.78, 5) is 15.2. The molecule has 0 aromatic heterocycles. The van der Waals surface area contributed by atoms with Crippen molar-refractivity contribution in [2.24, 2.45) is 5.92 Å². The van der Waals surface area contributed by atoms with Crippen molar-refractivity contribution < 1.29 is 19.0 Å². The van der Waals surface area contributed by atoms with E-state index in [9.17, 15) is 4.79 Å². The fourth-order valence-corrected chi connectivity index (χ4v) is 3.46. The SMILES string of the molecule is CCOc1cc(C(=O)NCC(C)N2CCC(C)CC2)cc(OCC)c1OCC. The van der Waals surface area contributed by atoms with Crippen molar-refractivity contribution in [3.8, 4) is 17.2 Å². The van der Waals surface area contributed by atoms with Crippen LogP contribution in [-0.2, 0) is 0 Å². The number of ether oxygens (including phenoxy) is 3. The Morgan fingerprint density at radius 1 is 1.07 bits per heavy atom. The molecule has 1 aromatic carbocycles. The maximum Gasteiger partial charge on any atom is 0.251 e. The van der Waals surface area contributed by atoms with Crippen LogP contribution in [0.5, 0.6) is 17.2 Å². The number of amides is 1. The average molecular weight is 393 g/mol. The molecule has 1 atom stereocenters. The molecule has 1 aliphatic heterocycles. The van der Waals surface area contributed by atoms with Crippen LogP contribution in [0.3, 0.4) is 0 Å². The highest BCUT2D eigenvalue weighted by Gasteiger charge is 2.22. The number of rotatable bonds is 10. The van der Waals surface area contributed by atoms with Gasteiger partial charge in [0.25, 0.3) is 5.91 Å². The second-order valence-corrected chi connectivity index (χ2v) is 7.38. The molecule has 0 aliphatic carbocycles. The van der Waals surface area contributed by atoms with Gasteiger partial charge in [0.15, 0.2) is 11.5 Å². The lowest BCUT2D eigenvalue weighted by atomic mass is 9.98. The zero-order valence-corrected chi connectivity index (χ0v) is 18.0. The van der Waals surface area contributed by atoms with Crippen molar-refractivity contribution in [1.82, 2.24) is 10.2 Å². The summed E-state index contributed by atoms with van der Waals surface area (Å²) in [5.74, 6) is 2.31. The topological polar surface area (TPSA) is 60.0 Å². The number of carbonyl (C=O) groups excluding carboxylic acids is 1. The summed E-state index contributed by atoms with van der Waals surface area (Å²) in [7, 11) is 0. The van der Waals surface area contributed by atoms with Crippen molar-refractivity contribution in [2.45, 2.75) is 53.5 Å². The summed E-state index contributed by atoms with van der Waals surface area (Å²) >= 11 is 0. The molecule has 1 amide bonds. The standard InChI is InChI=1S/C22H36N2O4/c1-6-26-19-13-18(14-20(27-7-2)21(19)28-8-3)22(25)23-15-17(5)24-11-9-16(4)10-12-24/h13-14,16-17H,6-12,15H2,1-5H3,(H,23,25). The Morgan fingerprint density at radius 2 is 1.61 bits per heavy atom. The normalized spacial score (nSPS) is 16.5. The third kappa shape index (κ3) is 6.03. The molecule has 1 saturated heterocycles. The van der Waals surface area contributed by atoms with Gasteiger partial charge in [-0.05, 0) is 71.7 Å². The molecule has 1 aromatic rings. The molecule has 1 heterocycles. The minimum Gasteiger partial charge on any atom is -0.490 e. The number of nitrogens with one attached hydrogen (secondary N) is 1. The van der Waals surface area contributed by atoms with Gasteiger partial charge in [-0.3, -0.25) is 9.69 Å². The molecule has 1 N–H and O–H groups in total. The van der Waals surface area contributed by atoms with E-state index in [1.807, 2.05) is 20.8 Å². The molecule has 2 rings (SSSR count). The summed E-state index contributed by atoms with van der Waals surface area (Å²) in [6.07, 6.45) is 2.46. The molecular weight excluding hydrogens is 356 g/mol. The van der Waals surface area contributed by atoms with Gasteiger partial charge in [0.2, 0.25) is 5.75 Å². The van der Waals surface area contributed by atoms with Gasteiger partial charge in [-0.25, -0.2) is 0 Å². The predicted octanol–water partition coefficient (Wildman–Crippen LogP) is 3.73. The van der Waals surface area contributed by atoms with Gasteiger partial charge in [-0.15, -0.1) is 0 Å². The van der Waals surface area contributed by atoms with Gasteiger partial charge in [-0.1, -0.05) is 6.92 Å². The smallest absolute Gasteiger partial charge is 0.251 e.